The normalized spacial score (nSPS) is 52.1. The molecule has 16 heavy (non-hydrogen) atoms. The van der Waals surface area contributed by atoms with Crippen molar-refractivity contribution >= 4 is 0 Å². The van der Waals surface area contributed by atoms with E-state index in [-0.39, 0.29) is 0 Å². The van der Waals surface area contributed by atoms with E-state index in [1.165, 1.54) is 58.0 Å². The minimum atomic E-state index is 0.888. The molecule has 0 spiro atoms. The maximum Gasteiger partial charge on any atom is 0.0145 e. The van der Waals surface area contributed by atoms with E-state index in [4.69, 9.17) is 0 Å². The van der Waals surface area contributed by atoms with Crippen LogP contribution in [0.1, 0.15) is 44.9 Å². The standard InChI is InChI=1S/C14H24N2/c1-2-7-16-13(5-1)11-9-12-10(8-14(11)16)4-3-6-15-12/h10-15H,1-9H2/t10-,11+,12?,13-,14+/m0/s1. The second-order valence-electron chi connectivity index (χ2n) is 6.47. The number of fused-ring (bicyclic) bond motifs is 5. The Balaban J connectivity index is 1.50. The molecule has 0 bridgehead atoms. The fraction of sp³-hybridized carbons (Fsp3) is 1.00. The van der Waals surface area contributed by atoms with Crippen molar-refractivity contribution < 1.29 is 0 Å². The van der Waals surface area contributed by atoms with Gasteiger partial charge >= 0.3 is 0 Å². The molecule has 0 radical (unpaired) electrons. The van der Waals surface area contributed by atoms with Gasteiger partial charge in [-0.1, -0.05) is 6.42 Å². The Kier molecular flexibility index (Phi) is 2.29. The zero-order valence-corrected chi connectivity index (χ0v) is 10.2. The topological polar surface area (TPSA) is 15.3 Å². The van der Waals surface area contributed by atoms with Crippen molar-refractivity contribution in [1.82, 2.24) is 10.2 Å². The lowest BCUT2D eigenvalue weighted by atomic mass is 9.62. The smallest absolute Gasteiger partial charge is 0.0145 e. The van der Waals surface area contributed by atoms with Gasteiger partial charge in [0.15, 0.2) is 0 Å². The van der Waals surface area contributed by atoms with E-state index in [0.29, 0.717) is 0 Å². The average Bonchev–Trinajstić information content (AvgIpc) is 2.35. The van der Waals surface area contributed by atoms with E-state index in [1.54, 1.807) is 0 Å². The number of nitrogens with one attached hydrogen (secondary N) is 1. The average molecular weight is 220 g/mol. The molecule has 2 heteroatoms. The van der Waals surface area contributed by atoms with Gasteiger partial charge in [0.25, 0.3) is 0 Å². The van der Waals surface area contributed by atoms with Gasteiger partial charge in [-0.3, -0.25) is 4.90 Å². The summed E-state index contributed by atoms with van der Waals surface area (Å²) in [7, 11) is 0. The van der Waals surface area contributed by atoms with Crippen LogP contribution in [-0.4, -0.2) is 36.1 Å². The van der Waals surface area contributed by atoms with Crippen LogP contribution in [-0.2, 0) is 0 Å². The van der Waals surface area contributed by atoms with Crippen molar-refractivity contribution in [3.8, 4) is 0 Å². The number of rotatable bonds is 0. The molecule has 5 atom stereocenters. The quantitative estimate of drug-likeness (QED) is 0.672. The van der Waals surface area contributed by atoms with Gasteiger partial charge in [0.1, 0.15) is 0 Å². The van der Waals surface area contributed by atoms with E-state index in [2.05, 4.69) is 10.2 Å². The Labute approximate surface area is 98.8 Å². The zero-order valence-electron chi connectivity index (χ0n) is 10.2. The molecule has 3 saturated heterocycles. The van der Waals surface area contributed by atoms with Crippen LogP contribution in [0, 0.1) is 11.8 Å². The molecule has 1 N–H and O–H groups in total. The van der Waals surface area contributed by atoms with E-state index < -0.39 is 0 Å². The summed E-state index contributed by atoms with van der Waals surface area (Å²) in [5.41, 5.74) is 0. The highest BCUT2D eigenvalue weighted by Gasteiger charge is 2.53. The summed E-state index contributed by atoms with van der Waals surface area (Å²) in [6.45, 7) is 2.70. The summed E-state index contributed by atoms with van der Waals surface area (Å²) in [6.07, 6.45) is 10.4. The first kappa shape index (κ1) is 9.90. The molecule has 1 unspecified atom stereocenters. The first-order valence-electron chi connectivity index (χ1n) is 7.42. The summed E-state index contributed by atoms with van der Waals surface area (Å²) in [4.78, 5) is 2.86. The van der Waals surface area contributed by atoms with Crippen molar-refractivity contribution in [1.29, 1.82) is 0 Å². The third-order valence-electron chi connectivity index (χ3n) is 5.80. The predicted octanol–water partition coefficient (Wildman–Crippen LogP) is 2.00. The van der Waals surface area contributed by atoms with Gasteiger partial charge in [-0.05, 0) is 63.5 Å². The molecule has 1 saturated carbocycles. The van der Waals surface area contributed by atoms with Gasteiger partial charge in [0.2, 0.25) is 0 Å². The summed E-state index contributed by atoms with van der Waals surface area (Å²) in [6, 6.07) is 2.87. The largest absolute Gasteiger partial charge is 0.314 e. The predicted molar refractivity (Wildman–Crippen MR) is 65.4 cm³/mol. The molecule has 90 valence electrons. The van der Waals surface area contributed by atoms with Crippen LogP contribution in [0.5, 0.6) is 0 Å². The summed E-state index contributed by atoms with van der Waals surface area (Å²) in [5.74, 6) is 2.07. The highest BCUT2D eigenvalue weighted by molar-refractivity contribution is 5.08. The molecular formula is C14H24N2. The van der Waals surface area contributed by atoms with Gasteiger partial charge in [0, 0.05) is 18.1 Å². The second-order valence-corrected chi connectivity index (χ2v) is 6.47. The number of piperidine rings is 2. The van der Waals surface area contributed by atoms with E-state index >= 15 is 0 Å². The van der Waals surface area contributed by atoms with Gasteiger partial charge in [-0.15, -0.1) is 0 Å². The molecule has 3 heterocycles. The molecule has 0 aromatic carbocycles. The molecule has 2 nitrogen and oxygen atoms in total. The third-order valence-corrected chi connectivity index (χ3v) is 5.80. The third kappa shape index (κ3) is 1.32. The van der Waals surface area contributed by atoms with Gasteiger partial charge in [-0.2, -0.15) is 0 Å². The van der Waals surface area contributed by atoms with Crippen LogP contribution in [0.25, 0.3) is 0 Å². The monoisotopic (exact) mass is 220 g/mol. The van der Waals surface area contributed by atoms with Crippen molar-refractivity contribution in [3.63, 3.8) is 0 Å². The van der Waals surface area contributed by atoms with Crippen LogP contribution in [0.3, 0.4) is 0 Å². The Morgan fingerprint density at radius 1 is 0.938 bits per heavy atom. The summed E-state index contributed by atoms with van der Waals surface area (Å²) in [5, 5.41) is 3.78. The Bertz CT molecular complexity index is 238. The Hall–Kier alpha value is -0.0800. The maximum absolute atomic E-state index is 3.78. The number of hydrogen-bond donors (Lipinski definition) is 1. The van der Waals surface area contributed by atoms with E-state index in [9.17, 15) is 0 Å². The van der Waals surface area contributed by atoms with Crippen LogP contribution < -0.4 is 5.32 Å². The SMILES string of the molecule is C1CNC2C[C@H]3[C@@H](C[C@@H]2C1)N1CCCC[C@@H]31. The lowest BCUT2D eigenvalue weighted by Gasteiger charge is -2.63. The number of nitrogens with zero attached hydrogens (tertiary/aromatic N) is 1. The fourth-order valence-electron chi connectivity index (χ4n) is 5.06. The van der Waals surface area contributed by atoms with Crippen LogP contribution in [0.4, 0.5) is 0 Å². The molecule has 4 fully saturated rings. The highest BCUT2D eigenvalue weighted by atomic mass is 15.3. The lowest BCUT2D eigenvalue weighted by Crippen LogP contribution is -2.70. The first-order chi connectivity index (χ1) is 7.93. The van der Waals surface area contributed by atoms with Gasteiger partial charge < -0.3 is 5.32 Å². The van der Waals surface area contributed by atoms with Crippen LogP contribution in [0.2, 0.25) is 0 Å². The van der Waals surface area contributed by atoms with Crippen molar-refractivity contribution in [2.75, 3.05) is 13.1 Å². The molecule has 0 amide bonds. The Morgan fingerprint density at radius 3 is 2.94 bits per heavy atom. The van der Waals surface area contributed by atoms with Gasteiger partial charge in [0.05, 0.1) is 0 Å². The van der Waals surface area contributed by atoms with Gasteiger partial charge in [-0.25, -0.2) is 0 Å². The molecule has 1 aliphatic carbocycles. The molecular weight excluding hydrogens is 196 g/mol. The maximum atomic E-state index is 3.78. The van der Waals surface area contributed by atoms with Crippen LogP contribution >= 0.6 is 0 Å². The second kappa shape index (κ2) is 3.71. The minimum Gasteiger partial charge on any atom is -0.314 e. The Morgan fingerprint density at radius 2 is 1.94 bits per heavy atom. The summed E-state index contributed by atoms with van der Waals surface area (Å²) < 4.78 is 0. The zero-order chi connectivity index (χ0) is 10.5. The van der Waals surface area contributed by atoms with Crippen molar-refractivity contribution in [3.05, 3.63) is 0 Å². The fourth-order valence-corrected chi connectivity index (χ4v) is 5.06. The van der Waals surface area contributed by atoms with E-state index in [0.717, 1.165) is 30.0 Å². The molecule has 0 aromatic rings. The molecule has 4 aliphatic rings. The lowest BCUT2D eigenvalue weighted by molar-refractivity contribution is -0.121. The molecule has 3 aliphatic heterocycles. The summed E-state index contributed by atoms with van der Waals surface area (Å²) >= 11 is 0. The number of hydrogen-bond acceptors (Lipinski definition) is 2. The highest BCUT2D eigenvalue weighted by Crippen LogP contribution is 2.49. The van der Waals surface area contributed by atoms with Crippen molar-refractivity contribution in [2.45, 2.75) is 63.1 Å². The first-order valence-corrected chi connectivity index (χ1v) is 7.42. The van der Waals surface area contributed by atoms with E-state index in [1.807, 2.05) is 0 Å². The van der Waals surface area contributed by atoms with Crippen LogP contribution in [0.15, 0.2) is 0 Å². The minimum absolute atomic E-state index is 0.888. The molecule has 0 aromatic heterocycles. The van der Waals surface area contributed by atoms with Crippen molar-refractivity contribution in [2.24, 2.45) is 11.8 Å². The molecule has 4 rings (SSSR count).